The number of hydrogen-bond donors (Lipinski definition) is 0. The minimum Gasteiger partial charge on any atom is -0.462 e. The third-order valence-electron chi connectivity index (χ3n) is 12.8. The van der Waals surface area contributed by atoms with E-state index in [1.54, 1.807) is 0 Å². The molecular weight excluding hydrogens is 949 g/mol. The van der Waals surface area contributed by atoms with Crippen LogP contribution in [-0.4, -0.2) is 37.2 Å². The van der Waals surface area contributed by atoms with E-state index in [2.05, 4.69) is 167 Å². The number of allylic oxidation sites excluding steroid dienone is 24. The summed E-state index contributed by atoms with van der Waals surface area (Å²) < 4.78 is 16.8. The highest BCUT2D eigenvalue weighted by Gasteiger charge is 2.19. The fourth-order valence-electron chi connectivity index (χ4n) is 8.21. The second kappa shape index (κ2) is 63.8. The van der Waals surface area contributed by atoms with Crippen molar-refractivity contribution in [2.75, 3.05) is 13.2 Å². The predicted molar refractivity (Wildman–Crippen MR) is 334 cm³/mol. The average Bonchev–Trinajstić information content (AvgIpc) is 3.43. The maximum atomic E-state index is 12.8. The molecule has 0 heterocycles. The van der Waals surface area contributed by atoms with Crippen LogP contribution in [0, 0.1) is 0 Å². The summed E-state index contributed by atoms with van der Waals surface area (Å²) in [4.78, 5) is 38.1. The standard InChI is InChI=1S/C71H114O6/c1-4-7-10-13-16-18-20-22-24-26-28-30-32-34-35-37-38-40-42-44-46-48-50-52-55-58-61-64-70(73)76-67-68(66-75-69(72)63-60-57-54-15-12-9-6-3)77-71(74)65-62-59-56-53-51-49-47-45-43-41-39-36-33-31-29-27-25-23-21-19-17-14-11-8-5-2/h7-8,10-11,16-19,22-25,28-31,34-36,39,43,45,49,51,68H,4-6,9,12-15,20-21,26-27,32-33,37-38,40-42,44,46-48,50,52-67H2,1-3H3/b10-7-,11-8-,18-16-,19-17-,24-22-,25-23-,30-28-,31-29-,35-34-,39-36-,45-43-,51-49-. The van der Waals surface area contributed by atoms with E-state index in [1.165, 1.54) is 83.5 Å². The van der Waals surface area contributed by atoms with Gasteiger partial charge in [-0.05, 0) is 122 Å². The topological polar surface area (TPSA) is 78.9 Å². The van der Waals surface area contributed by atoms with Gasteiger partial charge in [-0.3, -0.25) is 14.4 Å². The Morgan fingerprint density at radius 2 is 0.506 bits per heavy atom. The van der Waals surface area contributed by atoms with Crippen molar-refractivity contribution in [3.05, 3.63) is 146 Å². The molecule has 0 rings (SSSR count). The van der Waals surface area contributed by atoms with Gasteiger partial charge in [0.25, 0.3) is 0 Å². The molecule has 0 aliphatic rings. The number of hydrogen-bond acceptors (Lipinski definition) is 6. The first-order valence-electron chi connectivity index (χ1n) is 31.3. The highest BCUT2D eigenvalue weighted by Crippen LogP contribution is 2.15. The molecule has 0 aliphatic carbocycles. The predicted octanol–water partition coefficient (Wildman–Crippen LogP) is 21.5. The van der Waals surface area contributed by atoms with Gasteiger partial charge in [0.2, 0.25) is 0 Å². The number of carbonyl (C=O) groups is 3. The Kier molecular flexibility index (Phi) is 59.9. The summed E-state index contributed by atoms with van der Waals surface area (Å²) >= 11 is 0. The lowest BCUT2D eigenvalue weighted by molar-refractivity contribution is -0.167. The fraction of sp³-hybridized carbons (Fsp3) is 0.620. The van der Waals surface area contributed by atoms with E-state index in [4.69, 9.17) is 14.2 Å². The first kappa shape index (κ1) is 72.3. The van der Waals surface area contributed by atoms with Gasteiger partial charge in [-0.2, -0.15) is 0 Å². The van der Waals surface area contributed by atoms with Gasteiger partial charge in [0.1, 0.15) is 13.2 Å². The summed E-state index contributed by atoms with van der Waals surface area (Å²) in [5.41, 5.74) is 0. The largest absolute Gasteiger partial charge is 0.462 e. The molecule has 0 aromatic carbocycles. The summed E-state index contributed by atoms with van der Waals surface area (Å²) in [6.07, 6.45) is 91.6. The Bertz CT molecular complexity index is 1700. The van der Waals surface area contributed by atoms with Crippen LogP contribution < -0.4 is 0 Å². The molecule has 0 saturated heterocycles. The number of ether oxygens (including phenoxy) is 3. The third kappa shape index (κ3) is 62.0. The fourth-order valence-corrected chi connectivity index (χ4v) is 8.21. The lowest BCUT2D eigenvalue weighted by atomic mass is 10.0. The Labute approximate surface area is 474 Å². The lowest BCUT2D eigenvalue weighted by Crippen LogP contribution is -2.30. The molecule has 0 aliphatic heterocycles. The number of esters is 3. The van der Waals surface area contributed by atoms with Crippen molar-refractivity contribution in [1.82, 2.24) is 0 Å². The van der Waals surface area contributed by atoms with Gasteiger partial charge in [0.05, 0.1) is 0 Å². The Morgan fingerprint density at radius 1 is 0.273 bits per heavy atom. The molecule has 6 heteroatoms. The zero-order valence-corrected chi connectivity index (χ0v) is 49.7. The number of unbranched alkanes of at least 4 members (excludes halogenated alkanes) is 20. The Morgan fingerprint density at radius 3 is 0.805 bits per heavy atom. The van der Waals surface area contributed by atoms with Crippen LogP contribution in [0.3, 0.4) is 0 Å². The van der Waals surface area contributed by atoms with Crippen LogP contribution in [0.1, 0.15) is 265 Å². The van der Waals surface area contributed by atoms with Crippen molar-refractivity contribution in [3.63, 3.8) is 0 Å². The molecule has 0 bridgehead atoms. The molecule has 0 spiro atoms. The normalized spacial score (nSPS) is 13.1. The quantitative estimate of drug-likeness (QED) is 0.0261. The Balaban J connectivity index is 4.25. The minimum atomic E-state index is -0.801. The second-order valence-electron chi connectivity index (χ2n) is 20.2. The highest BCUT2D eigenvalue weighted by atomic mass is 16.6. The first-order chi connectivity index (χ1) is 38.0. The third-order valence-corrected chi connectivity index (χ3v) is 12.8. The average molecular weight is 1060 g/mol. The Hall–Kier alpha value is -4.71. The van der Waals surface area contributed by atoms with Crippen LogP contribution in [0.4, 0.5) is 0 Å². The SMILES string of the molecule is CC/C=C\C/C=C\C/C=C\C/C=C\C/C=C\C/C=C\C/C=C\CCCCCC(=O)OC(COC(=O)CCCCCCCCC)COC(=O)CCCCCCCCCCCCC/C=C\C/C=C\C/C=C\C/C=C\C/C=C\CC. The second-order valence-corrected chi connectivity index (χ2v) is 20.2. The molecule has 0 aromatic rings. The first-order valence-corrected chi connectivity index (χ1v) is 31.3. The molecule has 1 unspecified atom stereocenters. The van der Waals surface area contributed by atoms with Crippen molar-refractivity contribution in [3.8, 4) is 0 Å². The van der Waals surface area contributed by atoms with Gasteiger partial charge in [-0.25, -0.2) is 0 Å². The summed E-state index contributed by atoms with van der Waals surface area (Å²) in [5.74, 6) is -0.942. The van der Waals surface area contributed by atoms with E-state index >= 15 is 0 Å². The maximum Gasteiger partial charge on any atom is 0.306 e. The van der Waals surface area contributed by atoms with Crippen molar-refractivity contribution < 1.29 is 28.6 Å². The zero-order valence-electron chi connectivity index (χ0n) is 49.7. The van der Waals surface area contributed by atoms with E-state index in [-0.39, 0.29) is 37.5 Å². The maximum absolute atomic E-state index is 12.8. The summed E-state index contributed by atoms with van der Waals surface area (Å²) in [6, 6.07) is 0. The molecule has 434 valence electrons. The van der Waals surface area contributed by atoms with E-state index in [9.17, 15) is 14.4 Å². The molecule has 0 N–H and O–H groups in total. The molecular formula is C71H114O6. The zero-order chi connectivity index (χ0) is 55.7. The molecule has 1 atom stereocenters. The van der Waals surface area contributed by atoms with Crippen LogP contribution >= 0.6 is 0 Å². The highest BCUT2D eigenvalue weighted by molar-refractivity contribution is 5.71. The molecule has 0 amide bonds. The molecule has 0 fully saturated rings. The van der Waals surface area contributed by atoms with Crippen LogP contribution in [0.5, 0.6) is 0 Å². The molecule has 0 saturated carbocycles. The summed E-state index contributed by atoms with van der Waals surface area (Å²) in [7, 11) is 0. The smallest absolute Gasteiger partial charge is 0.306 e. The van der Waals surface area contributed by atoms with Crippen molar-refractivity contribution in [2.45, 2.75) is 271 Å². The minimum absolute atomic E-state index is 0.0962. The van der Waals surface area contributed by atoms with Gasteiger partial charge in [0, 0.05) is 19.3 Å². The van der Waals surface area contributed by atoms with Crippen LogP contribution in [0.15, 0.2) is 146 Å². The van der Waals surface area contributed by atoms with Crippen molar-refractivity contribution in [2.24, 2.45) is 0 Å². The van der Waals surface area contributed by atoms with E-state index < -0.39 is 6.10 Å². The van der Waals surface area contributed by atoms with Gasteiger partial charge < -0.3 is 14.2 Å². The monoisotopic (exact) mass is 1060 g/mol. The van der Waals surface area contributed by atoms with Crippen LogP contribution in [-0.2, 0) is 28.6 Å². The van der Waals surface area contributed by atoms with E-state index in [1.807, 2.05) is 0 Å². The summed E-state index contributed by atoms with van der Waals surface area (Å²) in [6.45, 7) is 6.34. The van der Waals surface area contributed by atoms with E-state index in [0.29, 0.717) is 12.8 Å². The van der Waals surface area contributed by atoms with Crippen molar-refractivity contribution in [1.29, 1.82) is 0 Å². The molecule has 6 nitrogen and oxygen atoms in total. The van der Waals surface area contributed by atoms with Gasteiger partial charge in [-0.15, -0.1) is 0 Å². The van der Waals surface area contributed by atoms with Crippen LogP contribution in [0.2, 0.25) is 0 Å². The van der Waals surface area contributed by atoms with E-state index in [0.717, 1.165) is 141 Å². The summed E-state index contributed by atoms with van der Waals surface area (Å²) in [5, 5.41) is 0. The molecule has 77 heavy (non-hydrogen) atoms. The number of carbonyl (C=O) groups excluding carboxylic acids is 3. The number of rotatable bonds is 55. The van der Waals surface area contributed by atoms with Gasteiger partial charge >= 0.3 is 17.9 Å². The lowest BCUT2D eigenvalue weighted by Gasteiger charge is -2.18. The van der Waals surface area contributed by atoms with Gasteiger partial charge in [-0.1, -0.05) is 269 Å². The molecule has 0 aromatic heterocycles. The molecule has 0 radical (unpaired) electrons. The van der Waals surface area contributed by atoms with Crippen LogP contribution in [0.25, 0.3) is 0 Å². The van der Waals surface area contributed by atoms with Crippen molar-refractivity contribution >= 4 is 17.9 Å². The van der Waals surface area contributed by atoms with Gasteiger partial charge in [0.15, 0.2) is 6.10 Å².